The number of carbonyl (C=O) groups excluding carboxylic acids is 1. The van der Waals surface area contributed by atoms with Crippen LogP contribution in [0.3, 0.4) is 0 Å². The third-order valence-electron chi connectivity index (χ3n) is 3.38. The molecule has 1 aliphatic rings. The van der Waals surface area contributed by atoms with E-state index in [-0.39, 0.29) is 17.9 Å². The molecule has 1 aromatic rings. The molecule has 6 heteroatoms. The van der Waals surface area contributed by atoms with Gasteiger partial charge in [-0.1, -0.05) is 41.8 Å². The Morgan fingerprint density at radius 1 is 1.32 bits per heavy atom. The molecule has 102 valence electrons. The number of amides is 1. The molecular formula is C13H14Cl2N2OS. The van der Waals surface area contributed by atoms with Crippen LogP contribution in [0.5, 0.6) is 0 Å². The number of hydrogen-bond donors (Lipinski definition) is 2. The van der Waals surface area contributed by atoms with E-state index in [0.717, 1.165) is 19.3 Å². The Balaban J connectivity index is 2.08. The summed E-state index contributed by atoms with van der Waals surface area (Å²) in [5.74, 6) is -0.0894. The molecular weight excluding hydrogens is 303 g/mol. The molecule has 2 rings (SSSR count). The molecule has 3 N–H and O–H groups in total. The van der Waals surface area contributed by atoms with Crippen molar-refractivity contribution in [3.8, 4) is 0 Å². The molecule has 2 atom stereocenters. The highest BCUT2D eigenvalue weighted by atomic mass is 35.5. The summed E-state index contributed by atoms with van der Waals surface area (Å²) in [5.41, 5.74) is 6.18. The molecule has 0 saturated heterocycles. The second-order valence-electron chi connectivity index (χ2n) is 4.65. The monoisotopic (exact) mass is 316 g/mol. The lowest BCUT2D eigenvalue weighted by molar-refractivity contribution is 0.0934. The van der Waals surface area contributed by atoms with Crippen LogP contribution in [0.15, 0.2) is 18.2 Å². The molecule has 0 aliphatic heterocycles. The zero-order chi connectivity index (χ0) is 14.0. The fourth-order valence-corrected chi connectivity index (χ4v) is 2.94. The Bertz CT molecular complexity index is 521. The Hall–Kier alpha value is -0.840. The summed E-state index contributed by atoms with van der Waals surface area (Å²) in [4.78, 5) is 12.6. The summed E-state index contributed by atoms with van der Waals surface area (Å²) < 4.78 is 0. The van der Waals surface area contributed by atoms with Crippen LogP contribution in [0.1, 0.15) is 29.6 Å². The smallest absolute Gasteiger partial charge is 0.251 e. The Kier molecular flexibility index (Phi) is 4.66. The van der Waals surface area contributed by atoms with Gasteiger partial charge in [-0.05, 0) is 31.0 Å². The van der Waals surface area contributed by atoms with Gasteiger partial charge in [0.05, 0.1) is 15.0 Å². The van der Waals surface area contributed by atoms with Crippen LogP contribution in [0.4, 0.5) is 0 Å². The van der Waals surface area contributed by atoms with Gasteiger partial charge >= 0.3 is 0 Å². The highest BCUT2D eigenvalue weighted by molar-refractivity contribution is 7.80. The summed E-state index contributed by atoms with van der Waals surface area (Å²) in [5, 5.41) is 3.76. The largest absolute Gasteiger partial charge is 0.393 e. The van der Waals surface area contributed by atoms with E-state index in [1.54, 1.807) is 18.2 Å². The molecule has 0 radical (unpaired) electrons. The molecule has 1 amide bonds. The van der Waals surface area contributed by atoms with Gasteiger partial charge in [0.2, 0.25) is 0 Å². The van der Waals surface area contributed by atoms with Crippen LogP contribution in [0.2, 0.25) is 10.0 Å². The molecule has 0 aromatic heterocycles. The predicted molar refractivity (Wildman–Crippen MR) is 81.8 cm³/mol. The molecule has 0 bridgehead atoms. The fraction of sp³-hybridized carbons (Fsp3) is 0.385. The number of halogens is 2. The average Bonchev–Trinajstić information content (AvgIpc) is 2.80. The first-order chi connectivity index (χ1) is 8.99. The Morgan fingerprint density at radius 3 is 2.68 bits per heavy atom. The van der Waals surface area contributed by atoms with Crippen molar-refractivity contribution >= 4 is 46.3 Å². The maximum atomic E-state index is 12.1. The number of thiocarbonyl (C=S) groups is 1. The summed E-state index contributed by atoms with van der Waals surface area (Å²) >= 11 is 16.8. The van der Waals surface area contributed by atoms with Crippen LogP contribution in [-0.2, 0) is 0 Å². The van der Waals surface area contributed by atoms with Crippen molar-refractivity contribution in [3.05, 3.63) is 33.8 Å². The van der Waals surface area contributed by atoms with E-state index in [9.17, 15) is 4.79 Å². The number of carbonyl (C=O) groups is 1. The van der Waals surface area contributed by atoms with E-state index >= 15 is 0 Å². The van der Waals surface area contributed by atoms with Gasteiger partial charge in [0.25, 0.3) is 5.91 Å². The average molecular weight is 317 g/mol. The molecule has 1 saturated carbocycles. The lowest BCUT2D eigenvalue weighted by atomic mass is 10.0. The summed E-state index contributed by atoms with van der Waals surface area (Å²) in [7, 11) is 0. The lowest BCUT2D eigenvalue weighted by Crippen LogP contribution is -2.41. The first-order valence-corrected chi connectivity index (χ1v) is 7.20. The zero-order valence-corrected chi connectivity index (χ0v) is 12.5. The molecule has 2 unspecified atom stereocenters. The van der Waals surface area contributed by atoms with Gasteiger partial charge in [-0.15, -0.1) is 0 Å². The van der Waals surface area contributed by atoms with Crippen LogP contribution in [-0.4, -0.2) is 16.9 Å². The third kappa shape index (κ3) is 3.38. The van der Waals surface area contributed by atoms with Gasteiger partial charge in [-0.3, -0.25) is 4.79 Å². The van der Waals surface area contributed by atoms with Gasteiger partial charge in [-0.25, -0.2) is 0 Å². The minimum absolute atomic E-state index is 0.0134. The predicted octanol–water partition coefficient (Wildman–Crippen LogP) is 3.18. The van der Waals surface area contributed by atoms with Crippen molar-refractivity contribution in [1.82, 2.24) is 5.32 Å². The van der Waals surface area contributed by atoms with Gasteiger partial charge in [0.15, 0.2) is 0 Å². The first kappa shape index (κ1) is 14.6. The van der Waals surface area contributed by atoms with Crippen molar-refractivity contribution in [1.29, 1.82) is 0 Å². The number of nitrogens with one attached hydrogen (secondary N) is 1. The normalized spacial score (nSPS) is 22.2. The topological polar surface area (TPSA) is 55.1 Å². The molecule has 19 heavy (non-hydrogen) atoms. The summed E-state index contributed by atoms with van der Waals surface area (Å²) in [6.45, 7) is 0. The second-order valence-corrected chi connectivity index (χ2v) is 5.93. The maximum Gasteiger partial charge on any atom is 0.251 e. The first-order valence-electron chi connectivity index (χ1n) is 6.04. The van der Waals surface area contributed by atoms with Crippen molar-refractivity contribution in [2.75, 3.05) is 0 Å². The van der Waals surface area contributed by atoms with Crippen molar-refractivity contribution in [2.24, 2.45) is 11.7 Å². The van der Waals surface area contributed by atoms with E-state index in [2.05, 4.69) is 5.32 Å². The van der Waals surface area contributed by atoms with Crippen molar-refractivity contribution in [3.63, 3.8) is 0 Å². The Labute approximate surface area is 127 Å². The quantitative estimate of drug-likeness (QED) is 0.842. The van der Waals surface area contributed by atoms with E-state index in [1.165, 1.54) is 0 Å². The molecule has 0 spiro atoms. The number of benzene rings is 1. The molecule has 1 aliphatic carbocycles. The zero-order valence-electron chi connectivity index (χ0n) is 10.2. The second kappa shape index (κ2) is 6.07. The van der Waals surface area contributed by atoms with Gasteiger partial charge in [0.1, 0.15) is 0 Å². The van der Waals surface area contributed by atoms with E-state index in [1.807, 2.05) is 0 Å². The number of rotatable bonds is 3. The highest BCUT2D eigenvalue weighted by Gasteiger charge is 2.30. The van der Waals surface area contributed by atoms with Gasteiger partial charge in [-0.2, -0.15) is 0 Å². The standard InChI is InChI=1S/C13H14Cl2N2OS/c14-9-5-4-7(6-10(9)15)13(18)17-11-3-1-2-8(11)12(16)19/h4-6,8,11H,1-3H2,(H2,16,19)(H,17,18). The lowest BCUT2D eigenvalue weighted by Gasteiger charge is -2.20. The minimum Gasteiger partial charge on any atom is -0.393 e. The highest BCUT2D eigenvalue weighted by Crippen LogP contribution is 2.27. The number of nitrogens with two attached hydrogens (primary N) is 1. The number of hydrogen-bond acceptors (Lipinski definition) is 2. The SMILES string of the molecule is NC(=S)C1CCCC1NC(=O)c1ccc(Cl)c(Cl)c1. The van der Waals surface area contributed by atoms with E-state index in [4.69, 9.17) is 41.2 Å². The maximum absolute atomic E-state index is 12.1. The molecule has 1 aromatic carbocycles. The molecule has 3 nitrogen and oxygen atoms in total. The van der Waals surface area contributed by atoms with Crippen molar-refractivity contribution in [2.45, 2.75) is 25.3 Å². The summed E-state index contributed by atoms with van der Waals surface area (Å²) in [6, 6.07) is 4.83. The minimum atomic E-state index is -0.174. The fourth-order valence-electron chi connectivity index (χ4n) is 2.36. The van der Waals surface area contributed by atoms with Gasteiger partial charge in [0, 0.05) is 17.5 Å². The molecule has 1 fully saturated rings. The Morgan fingerprint density at radius 2 is 2.05 bits per heavy atom. The van der Waals surface area contributed by atoms with E-state index in [0.29, 0.717) is 20.6 Å². The van der Waals surface area contributed by atoms with Crippen LogP contribution in [0, 0.1) is 5.92 Å². The van der Waals surface area contributed by atoms with Crippen LogP contribution < -0.4 is 11.1 Å². The van der Waals surface area contributed by atoms with Crippen molar-refractivity contribution < 1.29 is 4.79 Å². The molecule has 0 heterocycles. The van der Waals surface area contributed by atoms with Crippen LogP contribution >= 0.6 is 35.4 Å². The van der Waals surface area contributed by atoms with Crippen LogP contribution in [0.25, 0.3) is 0 Å². The third-order valence-corrected chi connectivity index (χ3v) is 4.42. The van der Waals surface area contributed by atoms with Gasteiger partial charge < -0.3 is 11.1 Å². The van der Waals surface area contributed by atoms with E-state index < -0.39 is 0 Å². The summed E-state index contributed by atoms with van der Waals surface area (Å²) in [6.07, 6.45) is 2.85.